The van der Waals surface area contributed by atoms with Crippen LogP contribution in [0.25, 0.3) is 0 Å². The van der Waals surface area contributed by atoms with E-state index >= 15 is 0 Å². The van der Waals surface area contributed by atoms with E-state index in [4.69, 9.17) is 15.0 Å². The van der Waals surface area contributed by atoms with Crippen molar-refractivity contribution < 1.29 is 13.5 Å². The van der Waals surface area contributed by atoms with E-state index in [1.807, 2.05) is 26.0 Å². The van der Waals surface area contributed by atoms with Gasteiger partial charge < -0.3 is 9.26 Å². The molecule has 1 rings (SSSR count). The topological polar surface area (TPSA) is 44.5 Å². The Hall–Kier alpha value is -0.700. The lowest BCUT2D eigenvalue weighted by Gasteiger charge is -2.07. The highest BCUT2D eigenvalue weighted by Crippen LogP contribution is 2.42. The van der Waals surface area contributed by atoms with Crippen LogP contribution in [0.15, 0.2) is 24.3 Å². The third-order valence-electron chi connectivity index (χ3n) is 1.75. The van der Waals surface area contributed by atoms with Gasteiger partial charge in [-0.05, 0) is 24.6 Å². The first kappa shape index (κ1) is 16.3. The van der Waals surface area contributed by atoms with Gasteiger partial charge in [0.15, 0.2) is 0 Å². The lowest BCUT2D eigenvalue weighted by molar-refractivity contribution is 0.329. The van der Waals surface area contributed by atoms with Gasteiger partial charge >= 0.3 is 0 Å². The van der Waals surface area contributed by atoms with E-state index in [9.17, 15) is 4.20 Å². The van der Waals surface area contributed by atoms with E-state index in [1.165, 1.54) is 0 Å². The minimum atomic E-state index is -1.84. The fourth-order valence-electron chi connectivity index (χ4n) is 1.12. The molecular weight excluding hydrogens is 240 g/mol. The monoisotopic (exact) mass is 261 g/mol. The molecule has 0 heterocycles. The first-order valence-corrected chi connectivity index (χ1v) is 7.08. The Morgan fingerprint density at radius 2 is 1.82 bits per heavy atom. The summed E-state index contributed by atoms with van der Waals surface area (Å²) >= 11 is 0. The average molecular weight is 261 g/mol. The van der Waals surface area contributed by atoms with Crippen molar-refractivity contribution in [3.8, 4) is 5.75 Å². The van der Waals surface area contributed by atoms with Crippen LogP contribution >= 0.6 is 8.46 Å². The maximum Gasteiger partial charge on any atom is 0.224 e. The van der Waals surface area contributed by atoms with E-state index in [1.54, 1.807) is 19.1 Å². The minimum Gasteiger partial charge on any atom is -0.479 e. The number of hydrogen-bond acceptors (Lipinski definition) is 3. The molecular formula is C12H21FNO2P. The van der Waals surface area contributed by atoms with Crippen molar-refractivity contribution in [3.63, 3.8) is 0 Å². The van der Waals surface area contributed by atoms with Gasteiger partial charge in [-0.25, -0.2) is 0 Å². The van der Waals surface area contributed by atoms with Crippen molar-refractivity contribution >= 4 is 8.46 Å². The van der Waals surface area contributed by atoms with Crippen molar-refractivity contribution in [2.75, 3.05) is 13.3 Å². The summed E-state index contributed by atoms with van der Waals surface area (Å²) in [7, 11) is -1.84. The highest BCUT2D eigenvalue weighted by atomic mass is 31.2. The Bertz CT molecular complexity index is 282. The maximum absolute atomic E-state index is 13.1. The first-order valence-electron chi connectivity index (χ1n) is 5.74. The van der Waals surface area contributed by atoms with Crippen molar-refractivity contribution in [3.05, 3.63) is 29.8 Å². The summed E-state index contributed by atoms with van der Waals surface area (Å²) in [5.74, 6) is 0.695. The van der Waals surface area contributed by atoms with Gasteiger partial charge in [0.1, 0.15) is 12.5 Å². The van der Waals surface area contributed by atoms with Gasteiger partial charge in [0.25, 0.3) is 0 Å². The van der Waals surface area contributed by atoms with Crippen LogP contribution in [0, 0.1) is 0 Å². The molecule has 0 bridgehead atoms. The SMILES string of the molecule is CC.CCOP(F)Cc1ccc(OCN)cc1. The lowest BCUT2D eigenvalue weighted by atomic mass is 10.2. The maximum atomic E-state index is 13.1. The molecule has 0 aliphatic heterocycles. The second kappa shape index (κ2) is 10.5. The van der Waals surface area contributed by atoms with Gasteiger partial charge in [0, 0.05) is 6.16 Å². The molecule has 1 unspecified atom stereocenters. The molecule has 2 N–H and O–H groups in total. The minimum absolute atomic E-state index is 0.147. The summed E-state index contributed by atoms with van der Waals surface area (Å²) in [5, 5.41) is 0. The Morgan fingerprint density at radius 3 is 2.29 bits per heavy atom. The second-order valence-corrected chi connectivity index (χ2v) is 4.06. The summed E-state index contributed by atoms with van der Waals surface area (Å²) in [5.41, 5.74) is 6.12. The molecule has 0 radical (unpaired) electrons. The summed E-state index contributed by atoms with van der Waals surface area (Å²) in [6.07, 6.45) is 0.325. The summed E-state index contributed by atoms with van der Waals surface area (Å²) in [6, 6.07) is 7.19. The van der Waals surface area contributed by atoms with E-state index in [2.05, 4.69) is 0 Å². The number of ether oxygens (including phenoxy) is 1. The zero-order valence-corrected chi connectivity index (χ0v) is 11.5. The molecule has 0 aliphatic rings. The molecule has 0 aliphatic carbocycles. The zero-order chi connectivity index (χ0) is 13.1. The van der Waals surface area contributed by atoms with E-state index < -0.39 is 8.46 Å². The average Bonchev–Trinajstić information content (AvgIpc) is 2.35. The molecule has 0 saturated heterocycles. The van der Waals surface area contributed by atoms with Crippen molar-refractivity contribution in [1.29, 1.82) is 0 Å². The lowest BCUT2D eigenvalue weighted by Crippen LogP contribution is -2.07. The van der Waals surface area contributed by atoms with Crippen molar-refractivity contribution in [2.24, 2.45) is 5.73 Å². The second-order valence-electron chi connectivity index (χ2n) is 2.85. The highest BCUT2D eigenvalue weighted by Gasteiger charge is 2.07. The Morgan fingerprint density at radius 1 is 1.24 bits per heavy atom. The molecule has 1 aromatic rings. The molecule has 0 amide bonds. The smallest absolute Gasteiger partial charge is 0.224 e. The standard InChI is InChI=1S/C10H15FNO2P.C2H6/c1-2-14-15(11)7-9-3-5-10(6-4-9)13-8-12;1-2/h3-6H,2,7-8,12H2,1H3;1-2H3. The quantitative estimate of drug-likeness (QED) is 0.625. The van der Waals surface area contributed by atoms with Crippen LogP contribution in [0.1, 0.15) is 26.3 Å². The van der Waals surface area contributed by atoms with Crippen LogP contribution in [0.2, 0.25) is 0 Å². The van der Waals surface area contributed by atoms with E-state index in [0.717, 1.165) is 5.56 Å². The molecule has 98 valence electrons. The first-order chi connectivity index (χ1) is 8.26. The third-order valence-corrected chi connectivity index (χ3v) is 2.90. The van der Waals surface area contributed by atoms with Crippen LogP contribution in [0.4, 0.5) is 4.20 Å². The van der Waals surface area contributed by atoms with Crippen molar-refractivity contribution in [1.82, 2.24) is 0 Å². The zero-order valence-electron chi connectivity index (χ0n) is 10.6. The summed E-state index contributed by atoms with van der Waals surface area (Å²) in [4.78, 5) is 0. The van der Waals surface area contributed by atoms with Crippen LogP contribution < -0.4 is 10.5 Å². The molecule has 0 fully saturated rings. The Labute approximate surface area is 104 Å². The molecule has 0 spiro atoms. The van der Waals surface area contributed by atoms with Crippen molar-refractivity contribution in [2.45, 2.75) is 26.9 Å². The predicted octanol–water partition coefficient (Wildman–Crippen LogP) is 3.83. The van der Waals surface area contributed by atoms with Gasteiger partial charge in [-0.1, -0.05) is 26.0 Å². The summed E-state index contributed by atoms with van der Waals surface area (Å²) < 4.78 is 23.1. The van der Waals surface area contributed by atoms with Crippen LogP contribution in [0.3, 0.4) is 0 Å². The fraction of sp³-hybridized carbons (Fsp3) is 0.500. The van der Waals surface area contributed by atoms with Gasteiger partial charge in [0.05, 0.1) is 6.61 Å². The van der Waals surface area contributed by atoms with Gasteiger partial charge in [-0.3, -0.25) is 5.73 Å². The molecule has 1 aromatic carbocycles. The number of rotatable bonds is 6. The molecule has 1 atom stereocenters. The van der Waals surface area contributed by atoms with E-state index in [-0.39, 0.29) is 6.73 Å². The van der Waals surface area contributed by atoms with E-state index in [0.29, 0.717) is 18.5 Å². The predicted molar refractivity (Wildman–Crippen MR) is 70.8 cm³/mol. The number of hydrogen-bond donors (Lipinski definition) is 1. The molecule has 17 heavy (non-hydrogen) atoms. The van der Waals surface area contributed by atoms with Crippen LogP contribution in [-0.4, -0.2) is 13.3 Å². The number of benzene rings is 1. The number of halogens is 1. The molecule has 0 saturated carbocycles. The van der Waals surface area contributed by atoms with Gasteiger partial charge in [-0.15, -0.1) is 0 Å². The Balaban J connectivity index is 0.00000121. The van der Waals surface area contributed by atoms with Crippen LogP contribution in [0.5, 0.6) is 5.75 Å². The normalized spacial score (nSPS) is 11.4. The summed E-state index contributed by atoms with van der Waals surface area (Å²) in [6.45, 7) is 6.35. The fourth-order valence-corrected chi connectivity index (χ4v) is 1.99. The Kier molecular flexibility index (Phi) is 10.0. The van der Waals surface area contributed by atoms with Crippen LogP contribution in [-0.2, 0) is 10.7 Å². The van der Waals surface area contributed by atoms with Gasteiger partial charge in [-0.2, -0.15) is 4.20 Å². The third kappa shape index (κ3) is 7.27. The van der Waals surface area contributed by atoms with Gasteiger partial charge in [0.2, 0.25) is 8.46 Å². The number of nitrogens with two attached hydrogens (primary N) is 1. The molecule has 0 aromatic heterocycles. The highest BCUT2D eigenvalue weighted by molar-refractivity contribution is 7.45. The molecule has 3 nitrogen and oxygen atoms in total. The largest absolute Gasteiger partial charge is 0.479 e. The molecule has 5 heteroatoms.